The average molecular weight is 239 g/mol. The summed E-state index contributed by atoms with van der Waals surface area (Å²) < 4.78 is 5.28. The van der Waals surface area contributed by atoms with Crippen LogP contribution < -0.4 is 9.64 Å². The van der Waals surface area contributed by atoms with E-state index >= 15 is 0 Å². The molecule has 0 heterocycles. The molecule has 0 fully saturated rings. The maximum atomic E-state index is 9.50. The van der Waals surface area contributed by atoms with Crippen LogP contribution in [0.25, 0.3) is 0 Å². The summed E-state index contributed by atoms with van der Waals surface area (Å²) in [6, 6.07) is 7.59. The molecule has 0 spiro atoms. The number of rotatable bonds is 6. The van der Waals surface area contributed by atoms with Crippen LogP contribution in [-0.2, 0) is 0 Å². The van der Waals surface area contributed by atoms with Gasteiger partial charge in [-0.25, -0.2) is 0 Å². The predicted octanol–water partition coefficient (Wildman–Crippen LogP) is 1.26. The minimum Gasteiger partial charge on any atom is -0.495 e. The Morgan fingerprint density at radius 3 is 2.12 bits per heavy atom. The van der Waals surface area contributed by atoms with E-state index < -0.39 is 12.2 Å². The lowest BCUT2D eigenvalue weighted by atomic mass is 10.2. The largest absolute Gasteiger partial charge is 0.495 e. The zero-order chi connectivity index (χ0) is 12.8. The predicted molar refractivity (Wildman–Crippen MR) is 68.6 cm³/mol. The lowest BCUT2D eigenvalue weighted by Gasteiger charge is -2.28. The molecule has 0 saturated carbocycles. The molecule has 4 heteroatoms. The van der Waals surface area contributed by atoms with Crippen molar-refractivity contribution in [2.75, 3.05) is 25.1 Å². The Bertz CT molecular complexity index is 329. The number of anilines is 1. The molecule has 0 unspecified atom stereocenters. The molecule has 1 rings (SSSR count). The topological polar surface area (TPSA) is 52.9 Å². The van der Waals surface area contributed by atoms with Crippen molar-refractivity contribution < 1.29 is 14.9 Å². The molecule has 2 N–H and O–H groups in total. The summed E-state index contributed by atoms with van der Waals surface area (Å²) >= 11 is 0. The number of hydrogen-bond acceptors (Lipinski definition) is 4. The number of aliphatic hydroxyl groups is 2. The van der Waals surface area contributed by atoms with Crippen LogP contribution in [0.4, 0.5) is 5.69 Å². The second-order valence-electron chi connectivity index (χ2n) is 4.27. The van der Waals surface area contributed by atoms with Crippen molar-refractivity contribution in [2.24, 2.45) is 0 Å². The number of hydrogen-bond donors (Lipinski definition) is 2. The molecule has 2 atom stereocenters. The number of para-hydroxylation sites is 2. The first-order valence-electron chi connectivity index (χ1n) is 5.78. The highest BCUT2D eigenvalue weighted by atomic mass is 16.5. The van der Waals surface area contributed by atoms with Crippen molar-refractivity contribution >= 4 is 5.69 Å². The van der Waals surface area contributed by atoms with E-state index in [1.165, 1.54) is 0 Å². The summed E-state index contributed by atoms with van der Waals surface area (Å²) in [4.78, 5) is 1.92. The maximum absolute atomic E-state index is 9.50. The molecule has 0 aromatic heterocycles. The van der Waals surface area contributed by atoms with E-state index in [0.717, 1.165) is 11.4 Å². The van der Waals surface area contributed by atoms with Crippen molar-refractivity contribution in [3.05, 3.63) is 24.3 Å². The summed E-state index contributed by atoms with van der Waals surface area (Å²) in [5, 5.41) is 19.0. The number of methoxy groups -OCH3 is 1. The summed E-state index contributed by atoms with van der Waals surface area (Å²) in [5.74, 6) is 0.744. The molecular weight excluding hydrogens is 218 g/mol. The molecule has 17 heavy (non-hydrogen) atoms. The van der Waals surface area contributed by atoms with E-state index in [9.17, 15) is 10.2 Å². The first kappa shape index (κ1) is 13.8. The van der Waals surface area contributed by atoms with Crippen molar-refractivity contribution in [3.8, 4) is 5.75 Å². The minimum absolute atomic E-state index is 0.460. The fourth-order valence-corrected chi connectivity index (χ4v) is 1.80. The third-order valence-electron chi connectivity index (χ3n) is 2.40. The van der Waals surface area contributed by atoms with Gasteiger partial charge in [-0.05, 0) is 26.0 Å². The lowest BCUT2D eigenvalue weighted by Crippen LogP contribution is -2.36. The highest BCUT2D eigenvalue weighted by Crippen LogP contribution is 2.27. The highest BCUT2D eigenvalue weighted by molar-refractivity contribution is 5.58. The Balaban J connectivity index is 2.94. The van der Waals surface area contributed by atoms with Crippen LogP contribution in [0.1, 0.15) is 13.8 Å². The van der Waals surface area contributed by atoms with Crippen molar-refractivity contribution in [3.63, 3.8) is 0 Å². The van der Waals surface area contributed by atoms with Gasteiger partial charge in [-0.15, -0.1) is 0 Å². The molecule has 4 nitrogen and oxygen atoms in total. The van der Waals surface area contributed by atoms with Crippen molar-refractivity contribution in [2.45, 2.75) is 26.1 Å². The molecule has 0 amide bonds. The van der Waals surface area contributed by atoms with Gasteiger partial charge in [-0.1, -0.05) is 12.1 Å². The zero-order valence-corrected chi connectivity index (χ0v) is 10.6. The van der Waals surface area contributed by atoms with Crippen molar-refractivity contribution in [1.82, 2.24) is 0 Å². The van der Waals surface area contributed by atoms with E-state index in [0.29, 0.717) is 13.1 Å². The van der Waals surface area contributed by atoms with Gasteiger partial charge >= 0.3 is 0 Å². The van der Waals surface area contributed by atoms with E-state index in [-0.39, 0.29) is 0 Å². The SMILES string of the molecule is COc1ccccc1N(C[C@H](C)O)C[C@H](C)O. The number of benzene rings is 1. The van der Waals surface area contributed by atoms with Crippen LogP contribution >= 0.6 is 0 Å². The average Bonchev–Trinajstić information content (AvgIpc) is 2.27. The van der Waals surface area contributed by atoms with E-state index in [1.54, 1.807) is 21.0 Å². The lowest BCUT2D eigenvalue weighted by molar-refractivity contribution is 0.178. The summed E-state index contributed by atoms with van der Waals surface area (Å²) in [7, 11) is 1.61. The molecule has 0 saturated heterocycles. The fraction of sp³-hybridized carbons (Fsp3) is 0.538. The zero-order valence-electron chi connectivity index (χ0n) is 10.6. The summed E-state index contributed by atoms with van der Waals surface area (Å²) in [5.41, 5.74) is 0.886. The van der Waals surface area contributed by atoms with Gasteiger partial charge in [0, 0.05) is 13.1 Å². The van der Waals surface area contributed by atoms with Gasteiger partial charge in [0.15, 0.2) is 0 Å². The number of nitrogens with zero attached hydrogens (tertiary/aromatic N) is 1. The van der Waals surface area contributed by atoms with Crippen LogP contribution in [0.3, 0.4) is 0 Å². The van der Waals surface area contributed by atoms with Gasteiger partial charge in [0.2, 0.25) is 0 Å². The second kappa shape index (κ2) is 6.47. The molecule has 1 aromatic rings. The Labute approximate surface area is 102 Å². The number of ether oxygens (including phenoxy) is 1. The first-order chi connectivity index (χ1) is 8.04. The van der Waals surface area contributed by atoms with Gasteiger partial charge in [0.25, 0.3) is 0 Å². The molecule has 0 bridgehead atoms. The standard InChI is InChI=1S/C13H21NO3/c1-10(15)8-14(9-11(2)16)12-6-4-5-7-13(12)17-3/h4-7,10-11,15-16H,8-9H2,1-3H3/t10-,11-/m0/s1. The third-order valence-corrected chi connectivity index (χ3v) is 2.40. The quantitative estimate of drug-likeness (QED) is 0.785. The summed E-state index contributed by atoms with van der Waals surface area (Å²) in [6.07, 6.45) is -0.919. The fourth-order valence-electron chi connectivity index (χ4n) is 1.80. The smallest absolute Gasteiger partial charge is 0.142 e. The normalized spacial score (nSPS) is 14.2. The van der Waals surface area contributed by atoms with Gasteiger partial charge < -0.3 is 19.8 Å². The van der Waals surface area contributed by atoms with E-state index in [1.807, 2.05) is 29.2 Å². The first-order valence-corrected chi connectivity index (χ1v) is 5.78. The molecule has 1 aromatic carbocycles. The molecular formula is C13H21NO3. The van der Waals surface area contributed by atoms with Gasteiger partial charge in [0.1, 0.15) is 5.75 Å². The number of aliphatic hydroxyl groups excluding tert-OH is 2. The van der Waals surface area contributed by atoms with Gasteiger partial charge in [-0.2, -0.15) is 0 Å². The van der Waals surface area contributed by atoms with Crippen LogP contribution in [0, 0.1) is 0 Å². The molecule has 0 radical (unpaired) electrons. The van der Waals surface area contributed by atoms with Crippen LogP contribution in [0.2, 0.25) is 0 Å². The van der Waals surface area contributed by atoms with E-state index in [4.69, 9.17) is 4.74 Å². The minimum atomic E-state index is -0.460. The van der Waals surface area contributed by atoms with Crippen LogP contribution in [0.15, 0.2) is 24.3 Å². The molecule has 0 aliphatic heterocycles. The monoisotopic (exact) mass is 239 g/mol. The molecule has 0 aliphatic carbocycles. The maximum Gasteiger partial charge on any atom is 0.142 e. The Kier molecular flexibility index (Phi) is 5.25. The van der Waals surface area contributed by atoms with Gasteiger partial charge in [-0.3, -0.25) is 0 Å². The highest BCUT2D eigenvalue weighted by Gasteiger charge is 2.15. The summed E-state index contributed by atoms with van der Waals surface area (Å²) in [6.45, 7) is 4.38. The molecule has 96 valence electrons. The van der Waals surface area contributed by atoms with E-state index in [2.05, 4.69) is 0 Å². The second-order valence-corrected chi connectivity index (χ2v) is 4.27. The Morgan fingerprint density at radius 2 is 1.65 bits per heavy atom. The third kappa shape index (κ3) is 4.24. The van der Waals surface area contributed by atoms with Crippen molar-refractivity contribution in [1.29, 1.82) is 0 Å². The molecule has 0 aliphatic rings. The Hall–Kier alpha value is -1.26. The van der Waals surface area contributed by atoms with Crippen LogP contribution in [0.5, 0.6) is 5.75 Å². The van der Waals surface area contributed by atoms with Crippen LogP contribution in [-0.4, -0.2) is 42.6 Å². The Morgan fingerprint density at radius 1 is 1.12 bits per heavy atom. The van der Waals surface area contributed by atoms with Gasteiger partial charge in [0.05, 0.1) is 25.0 Å².